The molecule has 0 aliphatic carbocycles. The highest BCUT2D eigenvalue weighted by molar-refractivity contribution is 6.30. The minimum absolute atomic E-state index is 0.290. The first-order valence-corrected chi connectivity index (χ1v) is 6.84. The third-order valence-corrected chi connectivity index (χ3v) is 3.34. The lowest BCUT2D eigenvalue weighted by Crippen LogP contribution is -2.44. The predicted molar refractivity (Wildman–Crippen MR) is 74.1 cm³/mol. The number of carbonyl (C=O) groups is 2. The van der Waals surface area contributed by atoms with Gasteiger partial charge in [-0.15, -0.1) is 0 Å². The zero-order valence-electron chi connectivity index (χ0n) is 11.1. The molecule has 5 nitrogen and oxygen atoms in total. The number of halogens is 1. The Bertz CT molecular complexity index is 532. The lowest BCUT2D eigenvalue weighted by atomic mass is 10.1. The molecule has 1 N–H and O–H groups in total. The van der Waals surface area contributed by atoms with Gasteiger partial charge in [0.15, 0.2) is 6.10 Å². The first-order chi connectivity index (χ1) is 9.51. The van der Waals surface area contributed by atoms with E-state index >= 15 is 0 Å². The van der Waals surface area contributed by atoms with Crippen LogP contribution in [0.25, 0.3) is 0 Å². The van der Waals surface area contributed by atoms with E-state index in [2.05, 4.69) is 0 Å². The third kappa shape index (κ3) is 3.22. The summed E-state index contributed by atoms with van der Waals surface area (Å²) in [5, 5.41) is 9.45. The molecular weight excluding hydrogens is 282 g/mol. The van der Waals surface area contributed by atoms with E-state index < -0.39 is 12.1 Å². The highest BCUT2D eigenvalue weighted by Gasteiger charge is 2.32. The van der Waals surface area contributed by atoms with E-state index in [1.165, 1.54) is 4.90 Å². The van der Waals surface area contributed by atoms with Crippen molar-refractivity contribution in [3.63, 3.8) is 0 Å². The van der Waals surface area contributed by atoms with Crippen LogP contribution in [0.5, 0.6) is 5.75 Å². The van der Waals surface area contributed by atoms with E-state index in [9.17, 15) is 9.59 Å². The molecule has 1 aliphatic heterocycles. The second kappa shape index (κ2) is 6.13. The molecule has 0 saturated carbocycles. The van der Waals surface area contributed by atoms with Crippen molar-refractivity contribution in [3.05, 3.63) is 28.8 Å². The molecule has 1 atom stereocenters. The number of hydrogen-bond donors (Lipinski definition) is 1. The van der Waals surface area contributed by atoms with Crippen LogP contribution in [-0.2, 0) is 16.0 Å². The van der Waals surface area contributed by atoms with Gasteiger partial charge in [-0.05, 0) is 30.2 Å². The molecule has 0 bridgehead atoms. The van der Waals surface area contributed by atoms with Crippen LogP contribution < -0.4 is 4.74 Å². The van der Waals surface area contributed by atoms with Gasteiger partial charge >= 0.3 is 5.97 Å². The molecule has 0 radical (unpaired) electrons. The Morgan fingerprint density at radius 3 is 2.90 bits per heavy atom. The van der Waals surface area contributed by atoms with Gasteiger partial charge in [-0.2, -0.15) is 0 Å². The van der Waals surface area contributed by atoms with Crippen LogP contribution in [0, 0.1) is 0 Å². The van der Waals surface area contributed by atoms with Crippen molar-refractivity contribution in [2.45, 2.75) is 25.9 Å². The van der Waals surface area contributed by atoms with Gasteiger partial charge in [0.1, 0.15) is 12.3 Å². The highest BCUT2D eigenvalue weighted by Crippen LogP contribution is 2.31. The fraction of sp³-hybridized carbons (Fsp3) is 0.429. The van der Waals surface area contributed by atoms with Crippen LogP contribution in [-0.4, -0.2) is 41.1 Å². The van der Waals surface area contributed by atoms with Crippen LogP contribution in [0.2, 0.25) is 5.02 Å². The van der Waals surface area contributed by atoms with Crippen molar-refractivity contribution >= 4 is 23.5 Å². The van der Waals surface area contributed by atoms with E-state index in [1.807, 2.05) is 6.92 Å². The Hall–Kier alpha value is -1.75. The van der Waals surface area contributed by atoms with Crippen LogP contribution in [0.15, 0.2) is 18.2 Å². The summed E-state index contributed by atoms with van der Waals surface area (Å²) in [7, 11) is 0. The summed E-state index contributed by atoms with van der Waals surface area (Å²) in [6.07, 6.45) is 0.466. The number of nitrogens with zero attached hydrogens (tertiary/aromatic N) is 1. The van der Waals surface area contributed by atoms with Crippen molar-refractivity contribution in [1.29, 1.82) is 0 Å². The first kappa shape index (κ1) is 14.7. The van der Waals surface area contributed by atoms with Crippen molar-refractivity contribution in [3.8, 4) is 5.75 Å². The second-order valence-electron chi connectivity index (χ2n) is 4.72. The summed E-state index contributed by atoms with van der Waals surface area (Å²) in [5.41, 5.74) is 0.877. The first-order valence-electron chi connectivity index (χ1n) is 6.47. The molecular formula is C14H16ClNO4. The monoisotopic (exact) mass is 297 g/mol. The summed E-state index contributed by atoms with van der Waals surface area (Å²) < 4.78 is 5.59. The van der Waals surface area contributed by atoms with Gasteiger partial charge in [0.05, 0.1) is 0 Å². The lowest BCUT2D eigenvalue weighted by molar-refractivity contribution is -0.147. The fourth-order valence-corrected chi connectivity index (χ4v) is 2.45. The molecule has 1 heterocycles. The SMILES string of the molecule is CCCN(CC(=O)O)C(=O)C1Cc2cc(Cl)ccc2O1. The van der Waals surface area contributed by atoms with Crippen molar-refractivity contribution in [2.24, 2.45) is 0 Å². The molecule has 2 rings (SSSR count). The number of benzene rings is 1. The maximum atomic E-state index is 12.3. The molecule has 6 heteroatoms. The normalized spacial score (nSPS) is 16.4. The molecule has 0 saturated heterocycles. The summed E-state index contributed by atoms with van der Waals surface area (Å²) in [6, 6.07) is 5.20. The topological polar surface area (TPSA) is 66.8 Å². The Balaban J connectivity index is 2.08. The van der Waals surface area contributed by atoms with Crippen molar-refractivity contribution in [1.82, 2.24) is 4.90 Å². The molecule has 1 aliphatic rings. The zero-order chi connectivity index (χ0) is 14.7. The smallest absolute Gasteiger partial charge is 0.323 e. The fourth-order valence-electron chi connectivity index (χ4n) is 2.26. The van der Waals surface area contributed by atoms with Crippen LogP contribution in [0.4, 0.5) is 0 Å². The van der Waals surface area contributed by atoms with E-state index in [1.54, 1.807) is 18.2 Å². The average Bonchev–Trinajstić information content (AvgIpc) is 2.79. The molecule has 20 heavy (non-hydrogen) atoms. The lowest BCUT2D eigenvalue weighted by Gasteiger charge is -2.23. The number of rotatable bonds is 5. The van der Waals surface area contributed by atoms with Crippen LogP contribution in [0.1, 0.15) is 18.9 Å². The second-order valence-corrected chi connectivity index (χ2v) is 5.15. The molecule has 1 aromatic carbocycles. The maximum absolute atomic E-state index is 12.3. The standard InChI is InChI=1S/C14H16ClNO4/c1-2-5-16(8-13(17)18)14(19)12-7-9-6-10(15)3-4-11(9)20-12/h3-4,6,12H,2,5,7-8H2,1H3,(H,17,18). The summed E-state index contributed by atoms with van der Waals surface area (Å²) >= 11 is 5.90. The molecule has 0 fully saturated rings. The Morgan fingerprint density at radius 1 is 1.50 bits per heavy atom. The van der Waals surface area contributed by atoms with Gasteiger partial charge in [0, 0.05) is 18.0 Å². The van der Waals surface area contributed by atoms with E-state index in [4.69, 9.17) is 21.4 Å². The van der Waals surface area contributed by atoms with E-state index in [-0.39, 0.29) is 12.5 Å². The van der Waals surface area contributed by atoms with Crippen molar-refractivity contribution in [2.75, 3.05) is 13.1 Å². The van der Waals surface area contributed by atoms with Crippen LogP contribution >= 0.6 is 11.6 Å². The molecule has 108 valence electrons. The maximum Gasteiger partial charge on any atom is 0.323 e. The Kier molecular flexibility index (Phi) is 4.49. The third-order valence-electron chi connectivity index (χ3n) is 3.10. The van der Waals surface area contributed by atoms with Gasteiger partial charge in [-0.1, -0.05) is 18.5 Å². The number of hydrogen-bond acceptors (Lipinski definition) is 3. The van der Waals surface area contributed by atoms with E-state index in [0.717, 1.165) is 5.56 Å². The molecule has 0 aromatic heterocycles. The highest BCUT2D eigenvalue weighted by atomic mass is 35.5. The number of amides is 1. The molecule has 1 amide bonds. The van der Waals surface area contributed by atoms with Crippen molar-refractivity contribution < 1.29 is 19.4 Å². The van der Waals surface area contributed by atoms with Gasteiger partial charge in [-0.25, -0.2) is 0 Å². The minimum Gasteiger partial charge on any atom is -0.480 e. The quantitative estimate of drug-likeness (QED) is 0.902. The average molecular weight is 298 g/mol. The number of ether oxygens (including phenoxy) is 1. The largest absolute Gasteiger partial charge is 0.480 e. The number of carbonyl (C=O) groups excluding carboxylic acids is 1. The summed E-state index contributed by atoms with van der Waals surface area (Å²) in [5.74, 6) is -0.675. The molecule has 1 unspecified atom stereocenters. The molecule has 1 aromatic rings. The predicted octanol–water partition coefficient (Wildman–Crippen LogP) is 1.97. The zero-order valence-corrected chi connectivity index (χ0v) is 11.9. The van der Waals surface area contributed by atoms with E-state index in [0.29, 0.717) is 30.2 Å². The van der Waals surface area contributed by atoms with Gasteiger partial charge in [0.25, 0.3) is 5.91 Å². The van der Waals surface area contributed by atoms with Gasteiger partial charge < -0.3 is 14.7 Å². The number of carboxylic acid groups (broad SMARTS) is 1. The number of fused-ring (bicyclic) bond motifs is 1. The number of aliphatic carboxylic acids is 1. The Labute approximate surface area is 122 Å². The minimum atomic E-state index is -1.02. The Morgan fingerprint density at radius 2 is 2.25 bits per heavy atom. The summed E-state index contributed by atoms with van der Waals surface area (Å²) in [6.45, 7) is 2.00. The summed E-state index contributed by atoms with van der Waals surface area (Å²) in [4.78, 5) is 24.5. The van der Waals surface area contributed by atoms with Gasteiger partial charge in [-0.3, -0.25) is 9.59 Å². The number of carboxylic acids is 1. The molecule has 0 spiro atoms. The van der Waals surface area contributed by atoms with Gasteiger partial charge in [0.2, 0.25) is 0 Å². The van der Waals surface area contributed by atoms with Crippen LogP contribution in [0.3, 0.4) is 0 Å².